The van der Waals surface area contributed by atoms with Gasteiger partial charge in [-0.15, -0.1) is 0 Å². The van der Waals surface area contributed by atoms with Gasteiger partial charge < -0.3 is 35.7 Å². The van der Waals surface area contributed by atoms with Crippen LogP contribution in [0, 0.1) is 5.92 Å². The maximum atomic E-state index is 14.1. The molecule has 0 aromatic rings. The Hall–Kier alpha value is -2.25. The number of hydrogen-bond donors (Lipinski definition) is 5. The third-order valence-electron chi connectivity index (χ3n) is 13.3. The smallest absolute Gasteiger partial charge is 0.350 e. The van der Waals surface area contributed by atoms with E-state index in [1.54, 1.807) is 0 Å². The fourth-order valence-electron chi connectivity index (χ4n) is 10.3. The van der Waals surface area contributed by atoms with E-state index in [0.717, 1.165) is 109 Å². The van der Waals surface area contributed by atoms with E-state index in [1.165, 1.54) is 44.9 Å². The zero-order valence-electron chi connectivity index (χ0n) is 35.9. The van der Waals surface area contributed by atoms with Gasteiger partial charge in [0.05, 0.1) is 43.4 Å². The summed E-state index contributed by atoms with van der Waals surface area (Å²) in [6.07, 6.45) is 28.7. The first kappa shape index (κ1) is 45.8. The number of esters is 1. The van der Waals surface area contributed by atoms with E-state index in [1.807, 2.05) is 4.90 Å². The number of carbonyl (C=O) groups is 2. The summed E-state index contributed by atoms with van der Waals surface area (Å²) in [4.78, 5) is 28.6. The monoisotopic (exact) mass is 802 g/mol. The van der Waals surface area contributed by atoms with E-state index >= 15 is 0 Å². The highest BCUT2D eigenvalue weighted by molar-refractivity contribution is 5.82. The first-order chi connectivity index (χ1) is 27.7. The molecular weight excluding hydrogens is 721 g/mol. The summed E-state index contributed by atoms with van der Waals surface area (Å²) < 4.78 is 22.1. The molecule has 0 unspecified atom stereocenters. The SMILES string of the molecule is CC[C@H]1C=CCC[C@@]2(C[C@@H]3CC[C@@H]4[C@H](C(=O)OCCCCCCCCCCCCC[C@@H](O)CC(=O)N(CCCN)CCCCN)[C@]5(CCC[C@@H](C)O5)NC(=[N+]34)N2)O1. The number of nitrogens with zero attached hydrogens (tertiary/aromatic N) is 2. The number of ether oxygens (including phenoxy) is 3. The number of nitrogens with two attached hydrogens (primary N) is 2. The van der Waals surface area contributed by atoms with Crippen LogP contribution in [-0.4, -0.2) is 107 Å². The van der Waals surface area contributed by atoms with Gasteiger partial charge in [0.25, 0.3) is 0 Å². The van der Waals surface area contributed by atoms with Gasteiger partial charge in [-0.3, -0.25) is 14.2 Å². The van der Waals surface area contributed by atoms with Crippen molar-refractivity contribution in [1.29, 1.82) is 0 Å². The third kappa shape index (κ3) is 13.1. The fraction of sp³-hybridized carbons (Fsp3) is 0.889. The molecule has 0 aromatic heterocycles. The van der Waals surface area contributed by atoms with Gasteiger partial charge in [0.1, 0.15) is 0 Å². The minimum Gasteiger partial charge on any atom is -0.465 e. The van der Waals surface area contributed by atoms with E-state index in [9.17, 15) is 14.7 Å². The Morgan fingerprint density at radius 3 is 2.32 bits per heavy atom. The average molecular weight is 802 g/mol. The van der Waals surface area contributed by atoms with E-state index < -0.39 is 17.6 Å². The Bertz CT molecular complexity index is 1300. The Morgan fingerprint density at radius 1 is 0.912 bits per heavy atom. The lowest BCUT2D eigenvalue weighted by Crippen LogP contribution is -2.76. The lowest BCUT2D eigenvalue weighted by molar-refractivity contribution is -0.609. The number of guanidine groups is 1. The number of aliphatic hydroxyl groups is 1. The molecule has 1 amide bonds. The molecule has 0 aliphatic carbocycles. The fourth-order valence-corrected chi connectivity index (χ4v) is 10.3. The van der Waals surface area contributed by atoms with Crippen molar-refractivity contribution in [2.75, 3.05) is 32.8 Å². The standard InChI is InChI=1S/C45H80N6O6/c1-3-38-23-14-15-26-44(57-38)34-36-24-25-39-41(45(27-19-21-35(2)56-45)49-43(48-44)51(36)39)42(54)55-32-18-12-10-8-6-4-5-7-9-11-13-22-37(52)33-40(53)50(31-20-29-47)30-17-16-28-46/h14,23,35-39,41,52H,3-13,15-22,24-34,46-47H2,1-2H3,(H,48,49)/p+1/t35-,36+,37-,38+,39-,41-,44+,45-/m1/s1. The summed E-state index contributed by atoms with van der Waals surface area (Å²) in [6.45, 7) is 7.33. The minimum absolute atomic E-state index is 0.0323. The predicted molar refractivity (Wildman–Crippen MR) is 225 cm³/mol. The first-order valence-electron chi connectivity index (χ1n) is 23.5. The summed E-state index contributed by atoms with van der Waals surface area (Å²) in [5.41, 5.74) is 10.1. The molecular formula is C45H81N6O6+. The van der Waals surface area contributed by atoms with Crippen molar-refractivity contribution in [3.63, 3.8) is 0 Å². The zero-order valence-corrected chi connectivity index (χ0v) is 35.9. The van der Waals surface area contributed by atoms with Crippen LogP contribution >= 0.6 is 0 Å². The second kappa shape index (κ2) is 23.5. The Kier molecular flexibility index (Phi) is 18.9. The van der Waals surface area contributed by atoms with E-state index in [4.69, 9.17) is 25.7 Å². The lowest BCUT2D eigenvalue weighted by Gasteiger charge is -2.50. The number of amides is 1. The lowest BCUT2D eigenvalue weighted by atomic mass is 9.80. The van der Waals surface area contributed by atoms with Crippen LogP contribution in [0.2, 0.25) is 0 Å². The van der Waals surface area contributed by atoms with Gasteiger partial charge in [-0.25, -0.2) is 10.6 Å². The second-order valence-corrected chi connectivity index (χ2v) is 17.9. The van der Waals surface area contributed by atoms with Gasteiger partial charge in [0, 0.05) is 32.4 Å². The molecule has 12 heteroatoms. The van der Waals surface area contributed by atoms with Crippen LogP contribution in [0.3, 0.4) is 0 Å². The highest BCUT2D eigenvalue weighted by Gasteiger charge is 2.64. The van der Waals surface area contributed by atoms with Gasteiger partial charge in [0.15, 0.2) is 11.6 Å². The number of allylic oxidation sites excluding steroid dienone is 1. The second-order valence-electron chi connectivity index (χ2n) is 17.9. The quantitative estimate of drug-likeness (QED) is 0.0315. The molecule has 0 radical (unpaired) electrons. The zero-order chi connectivity index (χ0) is 40.5. The molecule has 5 heterocycles. The maximum absolute atomic E-state index is 14.1. The van der Waals surface area contributed by atoms with Crippen LogP contribution in [0.5, 0.6) is 0 Å². The normalized spacial score (nSPS) is 29.8. The van der Waals surface area contributed by atoms with Crippen molar-refractivity contribution in [1.82, 2.24) is 15.5 Å². The number of hydrogen-bond acceptors (Lipinski definition) is 10. The Morgan fingerprint density at radius 2 is 1.61 bits per heavy atom. The number of carbonyl (C=O) groups excluding carboxylic acids is 2. The number of rotatable bonds is 25. The Labute approximate surface area is 344 Å². The van der Waals surface area contributed by atoms with E-state index in [2.05, 4.69) is 41.2 Å². The molecule has 5 aliphatic rings. The van der Waals surface area contributed by atoms with Gasteiger partial charge in [-0.05, 0) is 90.6 Å². The number of unbranched alkanes of at least 4 members (excludes halogenated alkanes) is 11. The van der Waals surface area contributed by atoms with Gasteiger partial charge in [-0.1, -0.05) is 83.3 Å². The van der Waals surface area contributed by atoms with Crippen LogP contribution in [-0.2, 0) is 23.8 Å². The first-order valence-corrected chi connectivity index (χ1v) is 23.5. The van der Waals surface area contributed by atoms with Crippen molar-refractivity contribution in [2.24, 2.45) is 17.4 Å². The van der Waals surface area contributed by atoms with E-state index in [0.29, 0.717) is 45.2 Å². The molecule has 5 rings (SSSR count). The average Bonchev–Trinajstić information content (AvgIpc) is 3.49. The molecule has 2 fully saturated rings. The minimum atomic E-state index is -0.766. The van der Waals surface area contributed by atoms with Gasteiger partial charge in [-0.2, -0.15) is 0 Å². The topological polar surface area (TPSA) is 164 Å². The highest BCUT2D eigenvalue weighted by atomic mass is 16.6. The molecule has 8 atom stereocenters. The van der Waals surface area contributed by atoms with Crippen molar-refractivity contribution >= 4 is 17.8 Å². The number of aliphatic hydroxyl groups excluding tert-OH is 1. The van der Waals surface area contributed by atoms with Crippen LogP contribution < -0.4 is 22.1 Å². The molecule has 0 bridgehead atoms. The van der Waals surface area contributed by atoms with Crippen molar-refractivity contribution in [3.8, 4) is 0 Å². The highest BCUT2D eigenvalue weighted by Crippen LogP contribution is 2.45. The summed E-state index contributed by atoms with van der Waals surface area (Å²) in [6, 6.07) is 0.382. The van der Waals surface area contributed by atoms with Gasteiger partial charge >= 0.3 is 11.9 Å². The largest absolute Gasteiger partial charge is 0.465 e. The molecule has 57 heavy (non-hydrogen) atoms. The van der Waals surface area contributed by atoms with E-state index in [-0.39, 0.29) is 42.5 Å². The van der Waals surface area contributed by atoms with Crippen LogP contribution in [0.4, 0.5) is 0 Å². The van der Waals surface area contributed by atoms with Crippen molar-refractivity contribution in [3.05, 3.63) is 12.2 Å². The molecule has 2 spiro atoms. The third-order valence-corrected chi connectivity index (χ3v) is 13.3. The van der Waals surface area contributed by atoms with Gasteiger partial charge in [0.2, 0.25) is 11.6 Å². The van der Waals surface area contributed by atoms with Crippen LogP contribution in [0.15, 0.2) is 12.2 Å². The van der Waals surface area contributed by atoms with Crippen LogP contribution in [0.25, 0.3) is 0 Å². The van der Waals surface area contributed by atoms with Crippen molar-refractivity contribution in [2.45, 2.75) is 216 Å². The molecule has 12 nitrogen and oxygen atoms in total. The maximum Gasteiger partial charge on any atom is 0.350 e. The molecule has 5 aliphatic heterocycles. The van der Waals surface area contributed by atoms with Crippen LogP contribution in [0.1, 0.15) is 174 Å². The summed E-state index contributed by atoms with van der Waals surface area (Å²) in [5, 5.41) is 18.1. The number of nitrogens with one attached hydrogen (secondary N) is 2. The summed E-state index contributed by atoms with van der Waals surface area (Å²) >= 11 is 0. The molecule has 7 N–H and O–H groups in total. The Balaban J connectivity index is 0.951. The molecule has 2 saturated heterocycles. The molecule has 326 valence electrons. The van der Waals surface area contributed by atoms with Crippen molar-refractivity contribution < 1.29 is 33.5 Å². The predicted octanol–water partition coefficient (Wildman–Crippen LogP) is 6.12. The molecule has 0 aromatic carbocycles. The summed E-state index contributed by atoms with van der Waals surface area (Å²) in [7, 11) is 0. The molecule has 0 saturated carbocycles. The summed E-state index contributed by atoms with van der Waals surface area (Å²) in [5.74, 6) is 0.549.